The van der Waals surface area contributed by atoms with Gasteiger partial charge in [-0.2, -0.15) is 0 Å². The summed E-state index contributed by atoms with van der Waals surface area (Å²) >= 11 is 0. The van der Waals surface area contributed by atoms with Gasteiger partial charge in [-0.15, -0.1) is 0 Å². The molecular formula is C10H12N6O3. The number of aromatic nitrogens is 4. The summed E-state index contributed by atoms with van der Waals surface area (Å²) in [6.45, 7) is -0.241. The molecular weight excluding hydrogens is 252 g/mol. The van der Waals surface area contributed by atoms with E-state index in [4.69, 9.17) is 15.6 Å². The van der Waals surface area contributed by atoms with E-state index < -0.39 is 18.4 Å². The molecule has 4 unspecified atom stereocenters. The van der Waals surface area contributed by atoms with Crippen LogP contribution in [0.5, 0.6) is 0 Å². The largest absolute Gasteiger partial charge is 0.394 e. The molecule has 19 heavy (non-hydrogen) atoms. The number of fused-ring (bicyclic) bond motifs is 5. The van der Waals surface area contributed by atoms with Crippen molar-refractivity contribution in [2.75, 3.05) is 17.7 Å². The fourth-order valence-corrected chi connectivity index (χ4v) is 2.69. The SMILES string of the molecule is Nc1ncnc2c1nc1n2C2OC(CO)C(O)C2N1. The Bertz CT molecular complexity index is 658. The highest BCUT2D eigenvalue weighted by Gasteiger charge is 2.50. The number of nitrogens with one attached hydrogen (secondary N) is 1. The molecule has 9 heteroatoms. The van der Waals surface area contributed by atoms with Gasteiger partial charge in [-0.3, -0.25) is 4.57 Å². The highest BCUT2D eigenvalue weighted by atomic mass is 16.5. The van der Waals surface area contributed by atoms with Crippen LogP contribution in [-0.4, -0.2) is 54.6 Å². The molecule has 0 amide bonds. The molecule has 0 saturated carbocycles. The zero-order chi connectivity index (χ0) is 13.1. The standard InChI is InChI=1S/C10H12N6O3/c11-7-5-8(13-2-12-7)16-9-4(14-10(16)15-5)6(18)3(1-17)19-9/h2-4,6,9,17-18H,1H2,(H,14,15)(H2,11,12,13). The Morgan fingerprint density at radius 2 is 2.32 bits per heavy atom. The number of aliphatic hydroxyl groups is 2. The van der Waals surface area contributed by atoms with Crippen molar-refractivity contribution in [3.8, 4) is 0 Å². The Morgan fingerprint density at radius 3 is 3.11 bits per heavy atom. The van der Waals surface area contributed by atoms with Crippen LogP contribution >= 0.6 is 0 Å². The van der Waals surface area contributed by atoms with Crippen molar-refractivity contribution in [1.29, 1.82) is 0 Å². The number of nitrogens with zero attached hydrogens (tertiary/aromatic N) is 4. The normalized spacial score (nSPS) is 32.3. The second-order valence-corrected chi connectivity index (χ2v) is 4.64. The predicted molar refractivity (Wildman–Crippen MR) is 64.1 cm³/mol. The molecule has 0 spiro atoms. The van der Waals surface area contributed by atoms with Gasteiger partial charge in [-0.1, -0.05) is 0 Å². The number of anilines is 2. The minimum Gasteiger partial charge on any atom is -0.394 e. The summed E-state index contributed by atoms with van der Waals surface area (Å²) in [5, 5.41) is 22.3. The minimum atomic E-state index is -0.800. The highest BCUT2D eigenvalue weighted by Crippen LogP contribution is 2.41. The molecule has 9 nitrogen and oxygen atoms in total. The predicted octanol–water partition coefficient (Wildman–Crippen LogP) is -1.55. The third-order valence-electron chi connectivity index (χ3n) is 3.61. The zero-order valence-electron chi connectivity index (χ0n) is 9.76. The first kappa shape index (κ1) is 10.9. The smallest absolute Gasteiger partial charge is 0.207 e. The van der Waals surface area contributed by atoms with Gasteiger partial charge in [0.05, 0.1) is 6.61 Å². The van der Waals surface area contributed by atoms with E-state index in [1.807, 2.05) is 0 Å². The molecule has 2 aliphatic heterocycles. The molecule has 0 radical (unpaired) electrons. The maximum Gasteiger partial charge on any atom is 0.207 e. The van der Waals surface area contributed by atoms with Gasteiger partial charge < -0.3 is 26.0 Å². The molecule has 5 N–H and O–H groups in total. The van der Waals surface area contributed by atoms with Gasteiger partial charge in [0.15, 0.2) is 23.2 Å². The number of nitrogens with two attached hydrogens (primary N) is 1. The van der Waals surface area contributed by atoms with E-state index in [0.29, 0.717) is 22.9 Å². The number of nitrogen functional groups attached to an aromatic ring is 1. The zero-order valence-corrected chi connectivity index (χ0v) is 9.76. The van der Waals surface area contributed by atoms with E-state index in [9.17, 15) is 5.11 Å². The summed E-state index contributed by atoms with van der Waals surface area (Å²) in [6.07, 6.45) is -0.519. The lowest BCUT2D eigenvalue weighted by molar-refractivity contribution is -0.0416. The number of imidazole rings is 1. The summed E-state index contributed by atoms with van der Waals surface area (Å²) in [5.74, 6) is 0.829. The Balaban J connectivity index is 1.86. The lowest BCUT2D eigenvalue weighted by atomic mass is 10.1. The lowest BCUT2D eigenvalue weighted by Crippen LogP contribution is -2.36. The molecule has 0 aliphatic carbocycles. The van der Waals surface area contributed by atoms with Crippen LogP contribution in [0.3, 0.4) is 0 Å². The lowest BCUT2D eigenvalue weighted by Gasteiger charge is -2.13. The second kappa shape index (κ2) is 3.53. The number of ether oxygens (including phenoxy) is 1. The molecule has 100 valence electrons. The van der Waals surface area contributed by atoms with E-state index in [2.05, 4.69) is 20.3 Å². The Morgan fingerprint density at radius 1 is 1.47 bits per heavy atom. The fraction of sp³-hybridized carbons (Fsp3) is 0.500. The van der Waals surface area contributed by atoms with E-state index >= 15 is 0 Å². The molecule has 0 bridgehead atoms. The minimum absolute atomic E-state index is 0.241. The fourth-order valence-electron chi connectivity index (χ4n) is 2.69. The van der Waals surface area contributed by atoms with Crippen LogP contribution < -0.4 is 11.1 Å². The third kappa shape index (κ3) is 1.26. The van der Waals surface area contributed by atoms with Gasteiger partial charge in [-0.05, 0) is 0 Å². The number of rotatable bonds is 1. The molecule has 1 saturated heterocycles. The van der Waals surface area contributed by atoms with Gasteiger partial charge in [0, 0.05) is 0 Å². The van der Waals surface area contributed by atoms with Gasteiger partial charge in [0.2, 0.25) is 5.95 Å². The van der Waals surface area contributed by atoms with Crippen molar-refractivity contribution < 1.29 is 14.9 Å². The summed E-state index contributed by atoms with van der Waals surface area (Å²) in [4.78, 5) is 12.3. The molecule has 4 atom stereocenters. The quantitative estimate of drug-likeness (QED) is 0.487. The summed E-state index contributed by atoms with van der Waals surface area (Å²) < 4.78 is 7.37. The average Bonchev–Trinajstić information content (AvgIpc) is 3.00. The Kier molecular flexibility index (Phi) is 2.03. The highest BCUT2D eigenvalue weighted by molar-refractivity contribution is 5.84. The van der Waals surface area contributed by atoms with E-state index in [1.165, 1.54) is 6.33 Å². The first-order chi connectivity index (χ1) is 9.20. The molecule has 2 aromatic rings. The molecule has 4 rings (SSSR count). The number of hydrogen-bond acceptors (Lipinski definition) is 8. The topological polar surface area (TPSA) is 131 Å². The van der Waals surface area contributed by atoms with Crippen LogP contribution in [0.2, 0.25) is 0 Å². The first-order valence-corrected chi connectivity index (χ1v) is 5.90. The van der Waals surface area contributed by atoms with Crippen molar-refractivity contribution in [3.63, 3.8) is 0 Å². The molecule has 2 aromatic heterocycles. The van der Waals surface area contributed by atoms with Gasteiger partial charge in [0.1, 0.15) is 24.6 Å². The van der Waals surface area contributed by atoms with Crippen LogP contribution in [0, 0.1) is 0 Å². The van der Waals surface area contributed by atoms with Crippen molar-refractivity contribution >= 4 is 22.9 Å². The van der Waals surface area contributed by atoms with E-state index in [-0.39, 0.29) is 12.6 Å². The van der Waals surface area contributed by atoms with E-state index in [0.717, 1.165) is 0 Å². The summed E-state index contributed by atoms with van der Waals surface area (Å²) in [5.41, 5.74) is 6.79. The maximum atomic E-state index is 10.0. The van der Waals surface area contributed by atoms with Crippen LogP contribution in [0.15, 0.2) is 6.33 Å². The number of hydrogen-bond donors (Lipinski definition) is 4. The van der Waals surface area contributed by atoms with Crippen molar-refractivity contribution in [2.45, 2.75) is 24.5 Å². The maximum absolute atomic E-state index is 10.0. The van der Waals surface area contributed by atoms with Crippen LogP contribution in [0.4, 0.5) is 11.8 Å². The molecule has 4 heterocycles. The Hall–Kier alpha value is -1.97. The molecule has 0 aromatic carbocycles. The van der Waals surface area contributed by atoms with Crippen LogP contribution in [0.25, 0.3) is 11.2 Å². The van der Waals surface area contributed by atoms with Crippen molar-refractivity contribution in [3.05, 3.63) is 6.33 Å². The summed E-state index contributed by atoms with van der Waals surface area (Å²) in [6, 6.07) is -0.347. The van der Waals surface area contributed by atoms with E-state index in [1.54, 1.807) is 4.57 Å². The second-order valence-electron chi connectivity index (χ2n) is 4.64. The monoisotopic (exact) mass is 264 g/mol. The third-order valence-corrected chi connectivity index (χ3v) is 3.61. The van der Waals surface area contributed by atoms with Gasteiger partial charge in [0.25, 0.3) is 0 Å². The Labute approximate surface area is 107 Å². The van der Waals surface area contributed by atoms with Gasteiger partial charge in [-0.25, -0.2) is 15.0 Å². The number of aliphatic hydroxyl groups excluding tert-OH is 2. The van der Waals surface area contributed by atoms with Crippen molar-refractivity contribution in [1.82, 2.24) is 19.5 Å². The molecule has 2 aliphatic rings. The van der Waals surface area contributed by atoms with Crippen molar-refractivity contribution in [2.24, 2.45) is 0 Å². The van der Waals surface area contributed by atoms with Crippen LogP contribution in [-0.2, 0) is 4.74 Å². The van der Waals surface area contributed by atoms with Crippen LogP contribution in [0.1, 0.15) is 6.23 Å². The first-order valence-electron chi connectivity index (χ1n) is 5.90. The average molecular weight is 264 g/mol. The molecule has 1 fully saturated rings. The summed E-state index contributed by atoms with van der Waals surface area (Å²) in [7, 11) is 0. The van der Waals surface area contributed by atoms with Gasteiger partial charge >= 0.3 is 0 Å².